The number of amides is 2. The summed E-state index contributed by atoms with van der Waals surface area (Å²) in [6.45, 7) is 5.92. The second-order valence-electron chi connectivity index (χ2n) is 5.33. The fraction of sp³-hybridized carbons (Fsp3) is 0.438. The lowest BCUT2D eigenvalue weighted by molar-refractivity contribution is 0.176. The lowest BCUT2D eigenvalue weighted by Crippen LogP contribution is -2.40. The molecule has 0 fully saturated rings. The molecule has 0 heterocycles. The van der Waals surface area contributed by atoms with Gasteiger partial charge in [-0.1, -0.05) is 42.5 Å². The number of benzene rings is 1. The molecule has 2 N–H and O–H groups in total. The first-order valence-corrected chi connectivity index (χ1v) is 6.77. The molecule has 1 aromatic carbocycles. The Balaban J connectivity index is 2.42. The number of rotatable bonds is 6. The molecule has 0 bridgehead atoms. The smallest absolute Gasteiger partial charge is 0.317 e. The summed E-state index contributed by atoms with van der Waals surface area (Å²) < 4.78 is 0. The number of aliphatic hydroxyl groups is 1. The van der Waals surface area contributed by atoms with E-state index in [1.165, 1.54) is 4.90 Å². The van der Waals surface area contributed by atoms with Crippen LogP contribution in [-0.4, -0.2) is 36.2 Å². The summed E-state index contributed by atoms with van der Waals surface area (Å²) in [7, 11) is 3.41. The Kier molecular flexibility index (Phi) is 6.25. The average Bonchev–Trinajstić information content (AvgIpc) is 2.39. The van der Waals surface area contributed by atoms with Crippen molar-refractivity contribution in [3.63, 3.8) is 0 Å². The van der Waals surface area contributed by atoms with Gasteiger partial charge in [0.25, 0.3) is 0 Å². The van der Waals surface area contributed by atoms with Crippen LogP contribution in [0, 0.1) is 0 Å². The van der Waals surface area contributed by atoms with E-state index in [2.05, 4.69) is 11.9 Å². The zero-order valence-electron chi connectivity index (χ0n) is 12.5. The van der Waals surface area contributed by atoms with Gasteiger partial charge in [0.1, 0.15) is 0 Å². The predicted octanol–water partition coefficient (Wildman–Crippen LogP) is 2.72. The number of urea groups is 1. The molecule has 0 spiro atoms. The van der Waals surface area contributed by atoms with Crippen LogP contribution in [-0.2, 0) is 0 Å². The summed E-state index contributed by atoms with van der Waals surface area (Å²) in [5.41, 5.74) is 1.81. The molecule has 0 aromatic heterocycles. The zero-order valence-corrected chi connectivity index (χ0v) is 12.5. The standard InChI is InChI=1S/C16H24N2O2/c1-12(10-13(2)17-16(20)18(3)4)11-15(19)14-8-6-5-7-9-14/h5-9,13,15,19H,1,10-11H2,2-4H3,(H,17,20)/t13?,15-/m1/s1. The highest BCUT2D eigenvalue weighted by molar-refractivity contribution is 5.73. The van der Waals surface area contributed by atoms with Crippen molar-refractivity contribution < 1.29 is 9.90 Å². The van der Waals surface area contributed by atoms with Crippen LogP contribution in [0.25, 0.3) is 0 Å². The van der Waals surface area contributed by atoms with Crippen molar-refractivity contribution in [1.29, 1.82) is 0 Å². The van der Waals surface area contributed by atoms with E-state index in [1.54, 1.807) is 14.1 Å². The average molecular weight is 276 g/mol. The molecule has 4 nitrogen and oxygen atoms in total. The Morgan fingerprint density at radius 2 is 1.90 bits per heavy atom. The lowest BCUT2D eigenvalue weighted by atomic mass is 9.98. The third-order valence-corrected chi connectivity index (χ3v) is 3.04. The molecule has 1 rings (SSSR count). The molecule has 0 saturated carbocycles. The largest absolute Gasteiger partial charge is 0.388 e. The molecule has 2 atom stereocenters. The van der Waals surface area contributed by atoms with Gasteiger partial charge in [0, 0.05) is 20.1 Å². The van der Waals surface area contributed by atoms with Crippen molar-refractivity contribution in [2.45, 2.75) is 31.9 Å². The van der Waals surface area contributed by atoms with Crippen molar-refractivity contribution in [1.82, 2.24) is 10.2 Å². The fourth-order valence-electron chi connectivity index (χ4n) is 1.97. The van der Waals surface area contributed by atoms with Crippen molar-refractivity contribution in [2.24, 2.45) is 0 Å². The summed E-state index contributed by atoms with van der Waals surface area (Å²) >= 11 is 0. The van der Waals surface area contributed by atoms with Gasteiger partial charge in [-0.3, -0.25) is 0 Å². The molecule has 0 aliphatic heterocycles. The minimum absolute atomic E-state index is 0.000346. The fourth-order valence-corrected chi connectivity index (χ4v) is 1.97. The van der Waals surface area contributed by atoms with Crippen molar-refractivity contribution in [3.05, 3.63) is 48.0 Å². The van der Waals surface area contributed by atoms with E-state index in [4.69, 9.17) is 0 Å². The number of aliphatic hydroxyl groups excluding tert-OH is 1. The summed E-state index contributed by atoms with van der Waals surface area (Å²) in [6.07, 6.45) is 0.621. The summed E-state index contributed by atoms with van der Waals surface area (Å²) in [6, 6.07) is 9.41. The van der Waals surface area contributed by atoms with Gasteiger partial charge in [-0.15, -0.1) is 0 Å². The molecule has 0 aliphatic rings. The van der Waals surface area contributed by atoms with Crippen LogP contribution in [0.2, 0.25) is 0 Å². The summed E-state index contributed by atoms with van der Waals surface area (Å²) in [4.78, 5) is 13.0. The van der Waals surface area contributed by atoms with E-state index in [1.807, 2.05) is 37.3 Å². The minimum atomic E-state index is -0.541. The first kappa shape index (κ1) is 16.2. The maximum Gasteiger partial charge on any atom is 0.317 e. The Morgan fingerprint density at radius 3 is 2.45 bits per heavy atom. The lowest BCUT2D eigenvalue weighted by Gasteiger charge is -2.20. The van der Waals surface area contributed by atoms with Crippen LogP contribution in [0.3, 0.4) is 0 Å². The second kappa shape index (κ2) is 7.70. The van der Waals surface area contributed by atoms with E-state index < -0.39 is 6.10 Å². The number of nitrogens with one attached hydrogen (secondary N) is 1. The van der Waals surface area contributed by atoms with Gasteiger partial charge in [-0.2, -0.15) is 0 Å². The molecular formula is C16H24N2O2. The van der Waals surface area contributed by atoms with Crippen LogP contribution >= 0.6 is 0 Å². The monoisotopic (exact) mass is 276 g/mol. The molecule has 0 saturated heterocycles. The van der Waals surface area contributed by atoms with Crippen molar-refractivity contribution >= 4 is 6.03 Å². The van der Waals surface area contributed by atoms with E-state index >= 15 is 0 Å². The maximum atomic E-state index is 11.5. The quantitative estimate of drug-likeness (QED) is 0.785. The molecule has 110 valence electrons. The Labute approximate surface area is 121 Å². The van der Waals surface area contributed by atoms with Gasteiger partial charge in [-0.25, -0.2) is 4.79 Å². The normalized spacial score (nSPS) is 13.4. The molecule has 1 unspecified atom stereocenters. The molecule has 1 aromatic rings. The van der Waals surface area contributed by atoms with Gasteiger partial charge in [-0.05, 0) is 25.3 Å². The van der Waals surface area contributed by atoms with Crippen molar-refractivity contribution in [3.8, 4) is 0 Å². The van der Waals surface area contributed by atoms with E-state index in [-0.39, 0.29) is 12.1 Å². The first-order chi connectivity index (χ1) is 9.40. The van der Waals surface area contributed by atoms with Crippen LogP contribution in [0.4, 0.5) is 4.79 Å². The Bertz CT molecular complexity index is 443. The highest BCUT2D eigenvalue weighted by Gasteiger charge is 2.13. The number of nitrogens with zero attached hydrogens (tertiary/aromatic N) is 1. The topological polar surface area (TPSA) is 52.6 Å². The van der Waals surface area contributed by atoms with E-state index in [0.29, 0.717) is 12.8 Å². The van der Waals surface area contributed by atoms with Crippen LogP contribution in [0.15, 0.2) is 42.5 Å². The third kappa shape index (κ3) is 5.45. The van der Waals surface area contributed by atoms with Gasteiger partial charge in [0.05, 0.1) is 6.10 Å². The number of carbonyl (C=O) groups excluding carboxylic acids is 1. The maximum absolute atomic E-state index is 11.5. The molecular weight excluding hydrogens is 252 g/mol. The second-order valence-corrected chi connectivity index (χ2v) is 5.33. The zero-order chi connectivity index (χ0) is 15.1. The third-order valence-electron chi connectivity index (χ3n) is 3.04. The van der Waals surface area contributed by atoms with Crippen LogP contribution < -0.4 is 5.32 Å². The summed E-state index contributed by atoms with van der Waals surface area (Å²) in [5, 5.41) is 13.0. The molecule has 4 heteroatoms. The van der Waals surface area contributed by atoms with Gasteiger partial charge < -0.3 is 15.3 Å². The van der Waals surface area contributed by atoms with E-state index in [9.17, 15) is 9.90 Å². The molecule has 20 heavy (non-hydrogen) atoms. The van der Waals surface area contributed by atoms with Crippen LogP contribution in [0.1, 0.15) is 31.4 Å². The first-order valence-electron chi connectivity index (χ1n) is 6.77. The minimum Gasteiger partial charge on any atom is -0.388 e. The van der Waals surface area contributed by atoms with Gasteiger partial charge in [0.15, 0.2) is 0 Å². The van der Waals surface area contributed by atoms with Crippen molar-refractivity contribution in [2.75, 3.05) is 14.1 Å². The Hall–Kier alpha value is -1.81. The molecule has 0 radical (unpaired) electrons. The predicted molar refractivity (Wildman–Crippen MR) is 81.5 cm³/mol. The SMILES string of the molecule is C=C(CC(C)NC(=O)N(C)C)C[C@@H](O)c1ccccc1. The van der Waals surface area contributed by atoms with Gasteiger partial charge in [0.2, 0.25) is 0 Å². The highest BCUT2D eigenvalue weighted by Crippen LogP contribution is 2.22. The molecule has 0 aliphatic carbocycles. The molecule has 2 amide bonds. The summed E-state index contributed by atoms with van der Waals surface area (Å²) in [5.74, 6) is 0. The Morgan fingerprint density at radius 1 is 1.30 bits per heavy atom. The number of carbonyl (C=O) groups is 1. The van der Waals surface area contributed by atoms with Gasteiger partial charge >= 0.3 is 6.03 Å². The van der Waals surface area contributed by atoms with E-state index in [0.717, 1.165) is 11.1 Å². The number of hydrogen-bond acceptors (Lipinski definition) is 2. The van der Waals surface area contributed by atoms with Crippen LogP contribution in [0.5, 0.6) is 0 Å². The number of hydrogen-bond donors (Lipinski definition) is 2. The highest BCUT2D eigenvalue weighted by atomic mass is 16.3.